The van der Waals surface area contributed by atoms with Crippen molar-refractivity contribution >= 4 is 44.7 Å². The largest absolute Gasteiger partial charge is 0.332 e. The normalized spacial score (nSPS) is 15.7. The average Bonchev–Trinajstić information content (AvgIpc) is 3.21. The number of hydrogen-bond acceptors (Lipinski definition) is 4. The van der Waals surface area contributed by atoms with Crippen LogP contribution in [0.15, 0.2) is 48.8 Å². The number of carbonyl (C=O) groups excluding carboxylic acids is 1. The van der Waals surface area contributed by atoms with Gasteiger partial charge in [-0.15, -0.1) is 0 Å². The van der Waals surface area contributed by atoms with Crippen molar-refractivity contribution in [3.8, 4) is 0 Å². The van der Waals surface area contributed by atoms with Crippen LogP contribution in [0.4, 0.5) is 16.2 Å². The molecule has 0 atom stereocenters. The maximum absolute atomic E-state index is 12.2. The third-order valence-corrected chi connectivity index (χ3v) is 6.48. The molecule has 3 aromatic rings. The van der Waals surface area contributed by atoms with Gasteiger partial charge in [0.05, 0.1) is 28.7 Å². The summed E-state index contributed by atoms with van der Waals surface area (Å²) in [5, 5.41) is 6.06. The van der Waals surface area contributed by atoms with Crippen molar-refractivity contribution in [1.82, 2.24) is 14.7 Å². The smallest absolute Gasteiger partial charge is 0.319 e. The van der Waals surface area contributed by atoms with E-state index in [0.29, 0.717) is 35.1 Å². The molecule has 146 valence electrons. The lowest BCUT2D eigenvalue weighted by Gasteiger charge is -2.17. The summed E-state index contributed by atoms with van der Waals surface area (Å²) in [5.74, 6) is 0.148. The second-order valence-corrected chi connectivity index (χ2v) is 8.89. The topological polar surface area (TPSA) is 95.8 Å². The number of benzene rings is 1. The number of sulfonamides is 1. The molecular weight excluding hydrogens is 402 g/mol. The summed E-state index contributed by atoms with van der Waals surface area (Å²) in [7, 11) is -3.26. The van der Waals surface area contributed by atoms with E-state index in [9.17, 15) is 13.2 Å². The highest BCUT2D eigenvalue weighted by Crippen LogP contribution is 2.26. The Hall–Kier alpha value is -2.78. The van der Waals surface area contributed by atoms with E-state index in [2.05, 4.69) is 15.6 Å². The fourth-order valence-corrected chi connectivity index (χ4v) is 4.84. The van der Waals surface area contributed by atoms with Gasteiger partial charge in [-0.2, -0.15) is 0 Å². The van der Waals surface area contributed by atoms with Crippen LogP contribution in [0.2, 0.25) is 5.02 Å². The lowest BCUT2D eigenvalue weighted by Crippen LogP contribution is -2.28. The van der Waals surface area contributed by atoms with Crippen LogP contribution in [0.1, 0.15) is 12.1 Å². The van der Waals surface area contributed by atoms with E-state index < -0.39 is 16.1 Å². The van der Waals surface area contributed by atoms with Crippen molar-refractivity contribution in [2.75, 3.05) is 21.9 Å². The van der Waals surface area contributed by atoms with Crippen LogP contribution in [0.5, 0.6) is 0 Å². The van der Waals surface area contributed by atoms with Crippen LogP contribution in [0.25, 0.3) is 5.65 Å². The number of rotatable bonds is 4. The number of aromatic nitrogens is 2. The highest BCUT2D eigenvalue weighted by Gasteiger charge is 2.28. The van der Waals surface area contributed by atoms with Crippen LogP contribution in [0, 0.1) is 0 Å². The molecule has 28 heavy (non-hydrogen) atoms. The molecule has 0 saturated carbocycles. The highest BCUT2D eigenvalue weighted by atomic mass is 35.5. The number of imidazole rings is 1. The first kappa shape index (κ1) is 18.6. The number of fused-ring (bicyclic) bond motifs is 1. The number of anilines is 2. The minimum absolute atomic E-state index is 0.148. The number of carbonyl (C=O) groups is 1. The van der Waals surface area contributed by atoms with Gasteiger partial charge in [-0.1, -0.05) is 17.7 Å². The fourth-order valence-electron chi connectivity index (χ4n) is 3.12. The molecule has 2 aromatic heterocycles. The van der Waals surface area contributed by atoms with Crippen LogP contribution in [-0.4, -0.2) is 36.1 Å². The van der Waals surface area contributed by atoms with Gasteiger partial charge in [-0.05, 0) is 36.8 Å². The van der Waals surface area contributed by atoms with Gasteiger partial charge in [0, 0.05) is 24.6 Å². The Bertz CT molecular complexity index is 1150. The van der Waals surface area contributed by atoms with Crippen LogP contribution < -0.4 is 14.9 Å². The Kier molecular flexibility index (Phi) is 4.86. The molecule has 0 bridgehead atoms. The van der Waals surface area contributed by atoms with Crippen LogP contribution >= 0.6 is 11.6 Å². The molecule has 8 nitrogen and oxygen atoms in total. The number of hydrogen-bond donors (Lipinski definition) is 2. The van der Waals surface area contributed by atoms with Gasteiger partial charge in [0.2, 0.25) is 10.0 Å². The zero-order valence-corrected chi connectivity index (χ0v) is 16.4. The van der Waals surface area contributed by atoms with E-state index in [1.165, 1.54) is 4.31 Å². The van der Waals surface area contributed by atoms with Gasteiger partial charge in [-0.3, -0.25) is 4.31 Å². The molecule has 3 heterocycles. The first-order valence-electron chi connectivity index (χ1n) is 8.69. The molecule has 1 aliphatic rings. The maximum Gasteiger partial charge on any atom is 0.319 e. The minimum Gasteiger partial charge on any atom is -0.332 e. The lowest BCUT2D eigenvalue weighted by atomic mass is 10.2. The molecule has 4 rings (SSSR count). The molecule has 0 aliphatic carbocycles. The van der Waals surface area contributed by atoms with E-state index in [1.54, 1.807) is 53.2 Å². The summed E-state index contributed by atoms with van der Waals surface area (Å²) in [4.78, 5) is 16.6. The molecule has 10 heteroatoms. The molecular formula is C18H18ClN5O3S. The Morgan fingerprint density at radius 1 is 1.21 bits per heavy atom. The molecule has 2 N–H and O–H groups in total. The van der Waals surface area contributed by atoms with Crippen molar-refractivity contribution in [2.24, 2.45) is 0 Å². The van der Waals surface area contributed by atoms with E-state index in [4.69, 9.17) is 11.6 Å². The van der Waals surface area contributed by atoms with Gasteiger partial charge in [0.25, 0.3) is 0 Å². The number of nitrogens with one attached hydrogen (secondary N) is 2. The second-order valence-electron chi connectivity index (χ2n) is 6.44. The first-order valence-corrected chi connectivity index (χ1v) is 10.7. The van der Waals surface area contributed by atoms with E-state index in [1.807, 2.05) is 0 Å². The Morgan fingerprint density at radius 2 is 2.07 bits per heavy atom. The standard InChI is InChI=1S/C18H18ClN5O3S/c19-13-5-6-17-21-15(12-23(17)11-13)10-20-18(25)22-14-3-1-4-16(9-14)24-7-2-8-28(24,26)27/h1,3-6,9,11-12H,2,7-8,10H2,(H2,20,22,25). The van der Waals surface area contributed by atoms with Crippen molar-refractivity contribution in [2.45, 2.75) is 13.0 Å². The zero-order chi connectivity index (χ0) is 19.7. The number of nitrogens with zero attached hydrogens (tertiary/aromatic N) is 3. The quantitative estimate of drug-likeness (QED) is 0.679. The van der Waals surface area contributed by atoms with Gasteiger partial charge < -0.3 is 15.0 Å². The van der Waals surface area contributed by atoms with Gasteiger partial charge in [0.15, 0.2) is 0 Å². The predicted molar refractivity (Wildman–Crippen MR) is 108 cm³/mol. The first-order chi connectivity index (χ1) is 13.4. The van der Waals surface area contributed by atoms with Gasteiger partial charge >= 0.3 is 6.03 Å². The molecule has 0 spiro atoms. The lowest BCUT2D eigenvalue weighted by molar-refractivity contribution is 0.251. The van der Waals surface area contributed by atoms with E-state index in [0.717, 1.165) is 5.65 Å². The number of amides is 2. The summed E-state index contributed by atoms with van der Waals surface area (Å²) in [6.07, 6.45) is 4.14. The van der Waals surface area contributed by atoms with Crippen molar-refractivity contribution in [3.05, 3.63) is 59.5 Å². The second kappa shape index (κ2) is 7.33. The molecule has 1 aliphatic heterocycles. The minimum atomic E-state index is -3.26. The molecule has 0 unspecified atom stereocenters. The summed E-state index contributed by atoms with van der Waals surface area (Å²) in [6.45, 7) is 0.696. The maximum atomic E-state index is 12.2. The zero-order valence-electron chi connectivity index (χ0n) is 14.8. The predicted octanol–water partition coefficient (Wildman–Crippen LogP) is 2.85. The van der Waals surface area contributed by atoms with Crippen LogP contribution in [-0.2, 0) is 16.6 Å². The van der Waals surface area contributed by atoms with Crippen molar-refractivity contribution < 1.29 is 13.2 Å². The monoisotopic (exact) mass is 419 g/mol. The number of urea groups is 1. The highest BCUT2D eigenvalue weighted by molar-refractivity contribution is 7.93. The molecule has 2 amide bonds. The number of halogens is 1. The summed E-state index contributed by atoms with van der Waals surface area (Å²) in [6, 6.07) is 9.92. The summed E-state index contributed by atoms with van der Waals surface area (Å²) < 4.78 is 27.3. The Morgan fingerprint density at radius 3 is 2.86 bits per heavy atom. The molecule has 1 fully saturated rings. The fraction of sp³-hybridized carbons (Fsp3) is 0.222. The van der Waals surface area contributed by atoms with E-state index in [-0.39, 0.29) is 12.3 Å². The average molecular weight is 420 g/mol. The third kappa shape index (κ3) is 3.90. The Labute approximate surface area is 167 Å². The summed E-state index contributed by atoms with van der Waals surface area (Å²) >= 11 is 5.95. The molecule has 1 saturated heterocycles. The number of pyridine rings is 1. The Balaban J connectivity index is 1.40. The van der Waals surface area contributed by atoms with Gasteiger partial charge in [-0.25, -0.2) is 18.2 Å². The summed E-state index contributed by atoms with van der Waals surface area (Å²) in [5.41, 5.74) is 2.49. The molecule has 1 aromatic carbocycles. The SMILES string of the molecule is O=C(NCc1cn2cc(Cl)ccc2n1)Nc1cccc(N2CCCS2(=O)=O)c1. The van der Waals surface area contributed by atoms with E-state index >= 15 is 0 Å². The van der Waals surface area contributed by atoms with Gasteiger partial charge in [0.1, 0.15) is 5.65 Å². The molecule has 0 radical (unpaired) electrons. The van der Waals surface area contributed by atoms with Crippen molar-refractivity contribution in [1.29, 1.82) is 0 Å². The van der Waals surface area contributed by atoms with Crippen molar-refractivity contribution in [3.63, 3.8) is 0 Å². The third-order valence-electron chi connectivity index (χ3n) is 4.39. The van der Waals surface area contributed by atoms with Crippen LogP contribution in [0.3, 0.4) is 0 Å².